The Morgan fingerprint density at radius 3 is 1.71 bits per heavy atom. The normalized spacial score (nSPS) is 35.7. The summed E-state index contributed by atoms with van der Waals surface area (Å²) >= 11 is 0. The summed E-state index contributed by atoms with van der Waals surface area (Å²) in [5.74, 6) is 6.01. The summed E-state index contributed by atoms with van der Waals surface area (Å²) in [6.45, 7) is 0. The molecular weight excluding hydrogens is 84.1 g/mol. The van der Waals surface area contributed by atoms with Gasteiger partial charge in [0.25, 0.3) is 0 Å². The van der Waals surface area contributed by atoms with E-state index in [9.17, 15) is 0 Å². The molecule has 1 fully saturated rings. The van der Waals surface area contributed by atoms with Crippen LogP contribution in [0.2, 0.25) is 0 Å². The fourth-order valence-electron chi connectivity index (χ4n) is 0.563. The Morgan fingerprint density at radius 2 is 1.57 bits per heavy atom. The van der Waals surface area contributed by atoms with Crippen LogP contribution in [-0.2, 0) is 0 Å². The van der Waals surface area contributed by atoms with Crippen LogP contribution in [0.25, 0.3) is 0 Å². The molecule has 0 spiro atoms. The van der Waals surface area contributed by atoms with Crippen molar-refractivity contribution in [2.24, 2.45) is 11.8 Å². The van der Waals surface area contributed by atoms with Crippen LogP contribution in [0.5, 0.6) is 0 Å². The van der Waals surface area contributed by atoms with Crippen molar-refractivity contribution in [2.45, 2.75) is 6.42 Å². The third-order valence-electron chi connectivity index (χ3n) is 1.22. The van der Waals surface area contributed by atoms with Crippen molar-refractivity contribution >= 4 is 0 Å². The third kappa shape index (κ3) is 0.599. The summed E-state index contributed by atoms with van der Waals surface area (Å²) in [5.41, 5.74) is 0. The van der Waals surface area contributed by atoms with Gasteiger partial charge in [-0.25, -0.2) is 0 Å². The average Bonchev–Trinajstić information content (AvgIpc) is 2.43. The van der Waals surface area contributed by atoms with Gasteiger partial charge in [-0.15, -0.1) is 24.7 Å². The number of hydrogen-bond donors (Lipinski definition) is 0. The Kier molecular flexibility index (Phi) is 0.807. The van der Waals surface area contributed by atoms with Crippen LogP contribution in [0.1, 0.15) is 6.42 Å². The van der Waals surface area contributed by atoms with E-state index >= 15 is 0 Å². The fourth-order valence-corrected chi connectivity index (χ4v) is 0.563. The molecule has 0 aromatic carbocycles. The molecule has 34 valence electrons. The van der Waals surface area contributed by atoms with Gasteiger partial charge in [0.15, 0.2) is 0 Å². The van der Waals surface area contributed by atoms with Crippen molar-refractivity contribution in [3.8, 4) is 24.7 Å². The SMILES string of the molecule is C#CC1CC1C#C. The molecule has 0 saturated heterocycles. The van der Waals surface area contributed by atoms with Crippen LogP contribution in [0.4, 0.5) is 0 Å². The van der Waals surface area contributed by atoms with Crippen LogP contribution >= 0.6 is 0 Å². The predicted molar refractivity (Wildman–Crippen MR) is 29.3 cm³/mol. The van der Waals surface area contributed by atoms with Gasteiger partial charge in [0, 0.05) is 11.8 Å². The minimum absolute atomic E-state index is 0.407. The Balaban J connectivity index is 2.39. The Labute approximate surface area is 43.9 Å². The van der Waals surface area contributed by atoms with E-state index in [-0.39, 0.29) is 0 Å². The van der Waals surface area contributed by atoms with Gasteiger partial charge in [0.1, 0.15) is 0 Å². The second-order valence-corrected chi connectivity index (χ2v) is 1.78. The van der Waals surface area contributed by atoms with Crippen molar-refractivity contribution < 1.29 is 0 Å². The molecule has 0 bridgehead atoms. The number of rotatable bonds is 0. The highest BCUT2D eigenvalue weighted by Gasteiger charge is 2.33. The molecule has 0 N–H and O–H groups in total. The maximum atomic E-state index is 5.05. The van der Waals surface area contributed by atoms with Crippen molar-refractivity contribution in [1.82, 2.24) is 0 Å². The molecule has 0 nitrogen and oxygen atoms in total. The van der Waals surface area contributed by atoms with E-state index in [1.165, 1.54) is 0 Å². The monoisotopic (exact) mass is 90.0 g/mol. The van der Waals surface area contributed by atoms with Gasteiger partial charge in [-0.3, -0.25) is 0 Å². The minimum Gasteiger partial charge on any atom is -0.120 e. The summed E-state index contributed by atoms with van der Waals surface area (Å²) < 4.78 is 0. The standard InChI is InChI=1S/C7H6/c1-3-6-5-7(6)4-2/h1-2,6-7H,5H2. The molecule has 1 rings (SSSR count). The summed E-state index contributed by atoms with van der Waals surface area (Å²) in [5, 5.41) is 0. The molecule has 7 heavy (non-hydrogen) atoms. The van der Waals surface area contributed by atoms with Crippen LogP contribution in [0.15, 0.2) is 0 Å². The summed E-state index contributed by atoms with van der Waals surface area (Å²) in [4.78, 5) is 0. The fraction of sp³-hybridized carbons (Fsp3) is 0.429. The lowest BCUT2D eigenvalue weighted by Gasteiger charge is -1.69. The molecule has 2 unspecified atom stereocenters. The van der Waals surface area contributed by atoms with Crippen molar-refractivity contribution in [3.63, 3.8) is 0 Å². The van der Waals surface area contributed by atoms with E-state index < -0.39 is 0 Å². The molecule has 1 aliphatic rings. The van der Waals surface area contributed by atoms with E-state index in [1.807, 2.05) is 0 Å². The van der Waals surface area contributed by atoms with Crippen molar-refractivity contribution in [2.75, 3.05) is 0 Å². The maximum absolute atomic E-state index is 5.05. The van der Waals surface area contributed by atoms with Gasteiger partial charge in [-0.2, -0.15) is 0 Å². The van der Waals surface area contributed by atoms with Gasteiger partial charge in [0.2, 0.25) is 0 Å². The lowest BCUT2D eigenvalue weighted by atomic mass is 10.3. The number of terminal acetylenes is 2. The van der Waals surface area contributed by atoms with E-state index in [2.05, 4.69) is 11.8 Å². The third-order valence-corrected chi connectivity index (χ3v) is 1.22. The molecule has 0 amide bonds. The molecular formula is C7H6. The first-order valence-corrected chi connectivity index (χ1v) is 2.30. The first-order chi connectivity index (χ1) is 3.38. The second kappa shape index (κ2) is 1.32. The first-order valence-electron chi connectivity index (χ1n) is 2.30. The molecule has 0 heterocycles. The lowest BCUT2D eigenvalue weighted by molar-refractivity contribution is 1.06. The first kappa shape index (κ1) is 4.28. The van der Waals surface area contributed by atoms with E-state index in [0.29, 0.717) is 11.8 Å². The molecule has 0 heteroatoms. The zero-order valence-electron chi connectivity index (χ0n) is 4.02. The Morgan fingerprint density at radius 1 is 1.14 bits per heavy atom. The topological polar surface area (TPSA) is 0 Å². The Hall–Kier alpha value is -0.880. The summed E-state index contributed by atoms with van der Waals surface area (Å²) in [6.07, 6.45) is 11.2. The largest absolute Gasteiger partial charge is 0.120 e. The molecule has 1 aliphatic carbocycles. The lowest BCUT2D eigenvalue weighted by Crippen LogP contribution is -1.68. The molecule has 0 aromatic heterocycles. The highest BCUT2D eigenvalue weighted by atomic mass is 14.3. The Bertz CT molecular complexity index is 124. The summed E-state index contributed by atoms with van der Waals surface area (Å²) in [6, 6.07) is 0. The summed E-state index contributed by atoms with van der Waals surface area (Å²) in [7, 11) is 0. The minimum atomic E-state index is 0.407. The molecule has 0 radical (unpaired) electrons. The maximum Gasteiger partial charge on any atom is 0.0350 e. The molecule has 0 aliphatic heterocycles. The van der Waals surface area contributed by atoms with Gasteiger partial charge < -0.3 is 0 Å². The molecule has 1 saturated carbocycles. The second-order valence-electron chi connectivity index (χ2n) is 1.78. The zero-order valence-corrected chi connectivity index (χ0v) is 4.02. The van der Waals surface area contributed by atoms with Gasteiger partial charge >= 0.3 is 0 Å². The predicted octanol–water partition coefficient (Wildman–Crippen LogP) is 0.889. The van der Waals surface area contributed by atoms with Crippen LogP contribution in [-0.4, -0.2) is 0 Å². The van der Waals surface area contributed by atoms with Crippen molar-refractivity contribution in [1.29, 1.82) is 0 Å². The number of hydrogen-bond acceptors (Lipinski definition) is 0. The van der Waals surface area contributed by atoms with E-state index in [0.717, 1.165) is 6.42 Å². The van der Waals surface area contributed by atoms with Gasteiger partial charge in [-0.05, 0) is 6.42 Å². The smallest absolute Gasteiger partial charge is 0.0350 e. The highest BCUT2D eigenvalue weighted by Crippen LogP contribution is 2.36. The van der Waals surface area contributed by atoms with Crippen molar-refractivity contribution in [3.05, 3.63) is 0 Å². The molecule has 2 atom stereocenters. The van der Waals surface area contributed by atoms with E-state index in [4.69, 9.17) is 12.8 Å². The van der Waals surface area contributed by atoms with Gasteiger partial charge in [0.05, 0.1) is 0 Å². The van der Waals surface area contributed by atoms with Crippen LogP contribution in [0, 0.1) is 36.5 Å². The van der Waals surface area contributed by atoms with Crippen LogP contribution < -0.4 is 0 Å². The quantitative estimate of drug-likeness (QED) is 0.387. The average molecular weight is 90.1 g/mol. The molecule has 0 aromatic rings. The van der Waals surface area contributed by atoms with E-state index in [1.54, 1.807) is 0 Å². The highest BCUT2D eigenvalue weighted by molar-refractivity contribution is 5.17. The van der Waals surface area contributed by atoms with Gasteiger partial charge in [-0.1, -0.05) is 0 Å². The zero-order chi connectivity index (χ0) is 5.28. The van der Waals surface area contributed by atoms with Crippen LogP contribution in [0.3, 0.4) is 0 Å².